The molecule has 1 aliphatic carbocycles. The number of allylic oxidation sites excluding steroid dienone is 3. The molecule has 0 radical (unpaired) electrons. The van der Waals surface area contributed by atoms with Gasteiger partial charge in [0.25, 0.3) is 0 Å². The number of nitrogens with one attached hydrogen (secondary N) is 1. The van der Waals surface area contributed by atoms with Crippen molar-refractivity contribution in [2.24, 2.45) is 10.4 Å². The summed E-state index contributed by atoms with van der Waals surface area (Å²) in [5.74, 6) is -1.26. The molecule has 0 aromatic heterocycles. The van der Waals surface area contributed by atoms with Gasteiger partial charge >= 0.3 is 0 Å². The van der Waals surface area contributed by atoms with Gasteiger partial charge in [0.15, 0.2) is 11.2 Å². The maximum Gasteiger partial charge on any atom is 0.182 e. The Balaban J connectivity index is 2.48. The van der Waals surface area contributed by atoms with E-state index in [0.717, 1.165) is 0 Å². The minimum atomic E-state index is -1.72. The van der Waals surface area contributed by atoms with Crippen LogP contribution in [-0.2, 0) is 4.79 Å². The highest BCUT2D eigenvalue weighted by Crippen LogP contribution is 2.37. The lowest BCUT2D eigenvalue weighted by atomic mass is 9.79. The van der Waals surface area contributed by atoms with Crippen LogP contribution in [0.15, 0.2) is 40.3 Å². The van der Waals surface area contributed by atoms with Gasteiger partial charge in [0.1, 0.15) is 5.83 Å². The number of carbonyl (C=O) groups excluding carboxylic acids is 1. The van der Waals surface area contributed by atoms with Gasteiger partial charge in [0.05, 0.1) is 19.0 Å². The summed E-state index contributed by atoms with van der Waals surface area (Å²) in [6, 6.07) is 1.73. The van der Waals surface area contributed by atoms with Crippen LogP contribution >= 0.6 is 0 Å². The Morgan fingerprint density at radius 1 is 1.59 bits per heavy atom. The smallest absolute Gasteiger partial charge is 0.182 e. The molecular formula is C12H10FN3O. The number of hydrogen-bond donors (Lipinski definition) is 1. The highest BCUT2D eigenvalue weighted by atomic mass is 19.1. The van der Waals surface area contributed by atoms with Gasteiger partial charge in [-0.05, 0) is 25.2 Å². The van der Waals surface area contributed by atoms with Crippen LogP contribution in [0.5, 0.6) is 0 Å². The fraction of sp³-hybridized carbons (Fsp3) is 0.250. The van der Waals surface area contributed by atoms with Crippen molar-refractivity contribution in [3.05, 3.63) is 35.3 Å². The molecule has 1 aliphatic heterocycles. The van der Waals surface area contributed by atoms with E-state index in [1.54, 1.807) is 12.1 Å². The Bertz CT molecular complexity index is 536. The fourth-order valence-corrected chi connectivity index (χ4v) is 1.65. The first kappa shape index (κ1) is 11.3. The van der Waals surface area contributed by atoms with E-state index in [9.17, 15) is 9.18 Å². The molecule has 1 atom stereocenters. The van der Waals surface area contributed by atoms with Crippen LogP contribution in [0.2, 0.25) is 0 Å². The Hall–Kier alpha value is -2.22. The van der Waals surface area contributed by atoms with Gasteiger partial charge in [0.2, 0.25) is 0 Å². The molecule has 1 heterocycles. The molecule has 86 valence electrons. The number of carbonyl (C=O) groups is 1. The van der Waals surface area contributed by atoms with Crippen molar-refractivity contribution < 1.29 is 9.18 Å². The fourth-order valence-electron chi connectivity index (χ4n) is 1.65. The predicted octanol–water partition coefficient (Wildman–Crippen LogP) is 1.39. The molecule has 2 aliphatic rings. The van der Waals surface area contributed by atoms with Gasteiger partial charge in [-0.1, -0.05) is 0 Å². The average molecular weight is 231 g/mol. The molecule has 5 heteroatoms. The molecule has 0 aromatic rings. The van der Waals surface area contributed by atoms with E-state index in [4.69, 9.17) is 5.26 Å². The number of nitrogens with zero attached hydrogens (tertiary/aromatic N) is 2. The molecule has 17 heavy (non-hydrogen) atoms. The summed E-state index contributed by atoms with van der Waals surface area (Å²) in [6.45, 7) is 1.73. The summed E-state index contributed by atoms with van der Waals surface area (Å²) in [5, 5.41) is 11.8. The maximum atomic E-state index is 14.2. The van der Waals surface area contributed by atoms with Crippen LogP contribution in [0.3, 0.4) is 0 Å². The standard InChI is InChI=1S/C12H10FN3O/c1-12(6-14)10(17)3-2-8(11(12)13)9-4-5-15-7-16-9/h2-4,7H,5H2,1H3,(H,15,16). The Labute approximate surface area is 97.8 Å². The van der Waals surface area contributed by atoms with E-state index >= 15 is 0 Å². The molecule has 0 saturated heterocycles. The van der Waals surface area contributed by atoms with Crippen LogP contribution in [0.4, 0.5) is 4.39 Å². The minimum Gasteiger partial charge on any atom is -0.346 e. The van der Waals surface area contributed by atoms with Crippen molar-refractivity contribution in [1.82, 2.24) is 5.32 Å². The monoisotopic (exact) mass is 231 g/mol. The van der Waals surface area contributed by atoms with Gasteiger partial charge in [-0.2, -0.15) is 5.26 Å². The molecule has 0 saturated carbocycles. The first-order chi connectivity index (χ1) is 8.09. The lowest BCUT2D eigenvalue weighted by molar-refractivity contribution is -0.119. The second kappa shape index (κ2) is 3.98. The molecule has 4 nitrogen and oxygen atoms in total. The summed E-state index contributed by atoms with van der Waals surface area (Å²) < 4.78 is 14.2. The lowest BCUT2D eigenvalue weighted by Crippen LogP contribution is -2.30. The highest BCUT2D eigenvalue weighted by molar-refractivity contribution is 6.01. The molecule has 1 N–H and O–H groups in total. The first-order valence-electron chi connectivity index (χ1n) is 5.09. The number of halogens is 1. The van der Waals surface area contributed by atoms with Gasteiger partial charge < -0.3 is 5.32 Å². The number of nitriles is 1. The third kappa shape index (κ3) is 1.68. The van der Waals surface area contributed by atoms with E-state index < -0.39 is 17.0 Å². The zero-order valence-corrected chi connectivity index (χ0v) is 9.20. The Morgan fingerprint density at radius 3 is 2.94 bits per heavy atom. The molecule has 0 aromatic carbocycles. The zero-order valence-electron chi connectivity index (χ0n) is 9.20. The minimum absolute atomic E-state index is 0.236. The largest absolute Gasteiger partial charge is 0.346 e. The van der Waals surface area contributed by atoms with E-state index in [2.05, 4.69) is 10.3 Å². The number of aliphatic imine (C=N–C) groups is 1. The molecular weight excluding hydrogens is 221 g/mol. The second-order valence-electron chi connectivity index (χ2n) is 3.92. The quantitative estimate of drug-likeness (QED) is 0.741. The van der Waals surface area contributed by atoms with E-state index in [-0.39, 0.29) is 5.57 Å². The van der Waals surface area contributed by atoms with Crippen LogP contribution in [0, 0.1) is 16.7 Å². The first-order valence-corrected chi connectivity index (χ1v) is 5.09. The second-order valence-corrected chi connectivity index (χ2v) is 3.92. The number of ketones is 1. The van der Waals surface area contributed by atoms with Crippen molar-refractivity contribution in [3.8, 4) is 6.07 Å². The Morgan fingerprint density at radius 2 is 2.35 bits per heavy atom. The van der Waals surface area contributed by atoms with Crippen molar-refractivity contribution >= 4 is 12.1 Å². The number of rotatable bonds is 1. The van der Waals surface area contributed by atoms with Crippen molar-refractivity contribution in [2.45, 2.75) is 6.92 Å². The predicted molar refractivity (Wildman–Crippen MR) is 60.6 cm³/mol. The lowest BCUT2D eigenvalue weighted by Gasteiger charge is -2.24. The van der Waals surface area contributed by atoms with E-state index in [0.29, 0.717) is 12.2 Å². The third-order valence-electron chi connectivity index (χ3n) is 2.80. The summed E-state index contributed by atoms with van der Waals surface area (Å²) in [6.07, 6.45) is 5.78. The van der Waals surface area contributed by atoms with Gasteiger partial charge in [-0.3, -0.25) is 9.79 Å². The van der Waals surface area contributed by atoms with Gasteiger partial charge in [0, 0.05) is 11.3 Å². The highest BCUT2D eigenvalue weighted by Gasteiger charge is 2.41. The molecule has 0 bridgehead atoms. The SMILES string of the molecule is CC1(C#N)C(=O)C=CC(C2=CCN=CN2)=C1F. The third-order valence-corrected chi connectivity index (χ3v) is 2.80. The molecule has 0 amide bonds. The summed E-state index contributed by atoms with van der Waals surface area (Å²) in [5.41, 5.74) is -0.955. The van der Waals surface area contributed by atoms with E-state index in [1.165, 1.54) is 25.4 Å². The van der Waals surface area contributed by atoms with Crippen molar-refractivity contribution in [2.75, 3.05) is 6.54 Å². The summed E-state index contributed by atoms with van der Waals surface area (Å²) >= 11 is 0. The Kier molecular flexibility index (Phi) is 2.64. The van der Waals surface area contributed by atoms with Crippen LogP contribution < -0.4 is 5.32 Å². The zero-order chi connectivity index (χ0) is 12.5. The number of hydrogen-bond acceptors (Lipinski definition) is 4. The van der Waals surface area contributed by atoms with E-state index in [1.807, 2.05) is 0 Å². The average Bonchev–Trinajstić information content (AvgIpc) is 2.37. The van der Waals surface area contributed by atoms with Gasteiger partial charge in [-0.25, -0.2) is 4.39 Å². The summed E-state index contributed by atoms with van der Waals surface area (Å²) in [7, 11) is 0. The van der Waals surface area contributed by atoms with Crippen molar-refractivity contribution in [1.29, 1.82) is 5.26 Å². The molecule has 1 unspecified atom stereocenters. The molecule has 2 rings (SSSR count). The van der Waals surface area contributed by atoms with Crippen LogP contribution in [-0.4, -0.2) is 18.7 Å². The van der Waals surface area contributed by atoms with Gasteiger partial charge in [-0.15, -0.1) is 0 Å². The van der Waals surface area contributed by atoms with Crippen LogP contribution in [0.25, 0.3) is 0 Å². The molecule has 0 fully saturated rings. The van der Waals surface area contributed by atoms with Crippen LogP contribution in [0.1, 0.15) is 6.92 Å². The van der Waals surface area contributed by atoms with Crippen molar-refractivity contribution in [3.63, 3.8) is 0 Å². The maximum absolute atomic E-state index is 14.2. The molecule has 0 spiro atoms. The summed E-state index contributed by atoms with van der Waals surface area (Å²) in [4.78, 5) is 15.4. The topological polar surface area (TPSA) is 65.2 Å². The normalized spacial score (nSPS) is 27.6.